The molecule has 0 unspecified atom stereocenters. The lowest BCUT2D eigenvalue weighted by Crippen LogP contribution is -2.23. The van der Waals surface area contributed by atoms with E-state index >= 15 is 0 Å². The number of halogens is 3. The van der Waals surface area contributed by atoms with Gasteiger partial charge < -0.3 is 14.8 Å². The van der Waals surface area contributed by atoms with Gasteiger partial charge in [-0.25, -0.2) is 0 Å². The zero-order valence-electron chi connectivity index (χ0n) is 17.7. The molecule has 3 aromatic carbocycles. The number of hydrogen-bond donors (Lipinski definition) is 1. The number of rotatable bonds is 7. The van der Waals surface area contributed by atoms with E-state index in [2.05, 4.69) is 5.32 Å². The highest BCUT2D eigenvalue weighted by molar-refractivity contribution is 6.35. The van der Waals surface area contributed by atoms with Gasteiger partial charge in [0.2, 0.25) is 0 Å². The average molecular weight is 503 g/mol. The molecular weight excluding hydrogens is 481 g/mol. The molecule has 1 aliphatic heterocycles. The second-order valence-corrected chi connectivity index (χ2v) is 8.83. The quantitative estimate of drug-likeness (QED) is 0.338. The summed E-state index contributed by atoms with van der Waals surface area (Å²) in [4.78, 5) is 12.4. The molecular formula is C26H22Cl3NO3. The minimum absolute atomic E-state index is 0.153. The highest BCUT2D eigenvalue weighted by Crippen LogP contribution is 2.37. The maximum Gasteiger partial charge on any atom is 0.251 e. The Morgan fingerprint density at radius 2 is 1.85 bits per heavy atom. The molecule has 7 heteroatoms. The van der Waals surface area contributed by atoms with Crippen LogP contribution in [-0.2, 0) is 6.42 Å². The summed E-state index contributed by atoms with van der Waals surface area (Å²) < 4.78 is 11.6. The molecule has 4 rings (SSSR count). The van der Waals surface area contributed by atoms with E-state index in [0.29, 0.717) is 51.7 Å². The van der Waals surface area contributed by atoms with E-state index < -0.39 is 0 Å². The number of amides is 1. The fourth-order valence-electron chi connectivity index (χ4n) is 3.45. The monoisotopic (exact) mass is 501 g/mol. The number of carbonyl (C=O) groups excluding carboxylic acids is 1. The second kappa shape index (κ2) is 11.0. The Morgan fingerprint density at radius 3 is 2.64 bits per heavy atom. The normalized spacial score (nSPS) is 12.8. The van der Waals surface area contributed by atoms with Gasteiger partial charge in [0.15, 0.2) is 0 Å². The Bertz CT molecular complexity index is 1180. The molecule has 0 atom stereocenters. The van der Waals surface area contributed by atoms with Gasteiger partial charge in [0.05, 0.1) is 11.6 Å². The van der Waals surface area contributed by atoms with Crippen molar-refractivity contribution in [2.24, 2.45) is 0 Å². The summed E-state index contributed by atoms with van der Waals surface area (Å²) in [7, 11) is 0. The Labute approximate surface area is 208 Å². The molecule has 0 aliphatic carbocycles. The number of aryl methyl sites for hydroxylation is 1. The largest absolute Gasteiger partial charge is 0.493 e. The molecule has 0 bridgehead atoms. The first-order valence-corrected chi connectivity index (χ1v) is 11.8. The Hall–Kier alpha value is -2.66. The average Bonchev–Trinajstić information content (AvgIpc) is 2.81. The maximum atomic E-state index is 12.4. The molecule has 170 valence electrons. The summed E-state index contributed by atoms with van der Waals surface area (Å²) in [6, 6.07) is 16.0. The summed E-state index contributed by atoms with van der Waals surface area (Å²) in [6.45, 7) is 1.20. The van der Waals surface area contributed by atoms with Gasteiger partial charge >= 0.3 is 0 Å². The molecule has 1 heterocycles. The number of benzene rings is 3. The molecule has 4 nitrogen and oxygen atoms in total. The van der Waals surface area contributed by atoms with Gasteiger partial charge in [-0.05, 0) is 72.9 Å². The Kier molecular flexibility index (Phi) is 7.81. The zero-order chi connectivity index (χ0) is 23.2. The van der Waals surface area contributed by atoms with Crippen LogP contribution < -0.4 is 14.8 Å². The van der Waals surface area contributed by atoms with E-state index in [4.69, 9.17) is 44.3 Å². The highest BCUT2D eigenvalue weighted by atomic mass is 35.5. The van der Waals surface area contributed by atoms with Crippen LogP contribution >= 0.6 is 34.8 Å². The van der Waals surface area contributed by atoms with Crippen molar-refractivity contribution in [2.75, 3.05) is 13.2 Å². The highest BCUT2D eigenvalue weighted by Gasteiger charge is 2.15. The molecule has 0 saturated carbocycles. The SMILES string of the molecule is O=C(NCC/C=C\c1ccc(Cl)cc1Cl)c1ccc(Oc2cc3c(cc2Cl)CCCO3)cc1. The topological polar surface area (TPSA) is 47.6 Å². The van der Waals surface area contributed by atoms with Crippen molar-refractivity contribution in [3.05, 3.63) is 92.4 Å². The van der Waals surface area contributed by atoms with Crippen LogP contribution in [-0.4, -0.2) is 19.1 Å². The number of fused-ring (bicyclic) bond motifs is 1. The van der Waals surface area contributed by atoms with Gasteiger partial charge in [0, 0.05) is 28.2 Å². The van der Waals surface area contributed by atoms with Gasteiger partial charge in [-0.3, -0.25) is 4.79 Å². The van der Waals surface area contributed by atoms with Gasteiger partial charge in [0.25, 0.3) is 5.91 Å². The van der Waals surface area contributed by atoms with Gasteiger partial charge in [0.1, 0.15) is 17.2 Å². The van der Waals surface area contributed by atoms with Crippen molar-refractivity contribution >= 4 is 46.8 Å². The standard InChI is InChI=1S/C26H22Cl3NO3/c27-20-9-6-17(22(28)15-20)4-1-2-12-30-26(31)18-7-10-21(11-8-18)33-25-16-24-19(14-23(25)29)5-3-13-32-24/h1,4,6-11,14-16H,2-3,5,12-13H2,(H,30,31)/b4-1-. The number of nitrogens with one attached hydrogen (secondary N) is 1. The Morgan fingerprint density at radius 1 is 1.03 bits per heavy atom. The fourth-order valence-corrected chi connectivity index (χ4v) is 4.14. The van der Waals surface area contributed by atoms with E-state index in [-0.39, 0.29) is 5.91 Å². The van der Waals surface area contributed by atoms with Crippen LogP contribution in [0.2, 0.25) is 15.1 Å². The smallest absolute Gasteiger partial charge is 0.251 e. The zero-order valence-corrected chi connectivity index (χ0v) is 20.0. The third kappa shape index (κ3) is 6.23. The number of carbonyl (C=O) groups is 1. The van der Waals surface area contributed by atoms with E-state index in [9.17, 15) is 4.79 Å². The molecule has 0 spiro atoms. The number of ether oxygens (including phenoxy) is 2. The third-order valence-electron chi connectivity index (χ3n) is 5.16. The predicted octanol–water partition coefficient (Wildman–Crippen LogP) is 7.60. The van der Waals surface area contributed by atoms with Crippen LogP contribution in [0.5, 0.6) is 17.2 Å². The Balaban J connectivity index is 1.29. The lowest BCUT2D eigenvalue weighted by molar-refractivity contribution is 0.0954. The molecule has 0 aromatic heterocycles. The first-order chi connectivity index (χ1) is 16.0. The van der Waals surface area contributed by atoms with Crippen molar-refractivity contribution in [2.45, 2.75) is 19.3 Å². The summed E-state index contributed by atoms with van der Waals surface area (Å²) >= 11 is 18.4. The van der Waals surface area contributed by atoms with E-state index in [1.165, 1.54) is 0 Å². The van der Waals surface area contributed by atoms with Crippen LogP contribution in [0.4, 0.5) is 0 Å². The lowest BCUT2D eigenvalue weighted by atomic mass is 10.1. The lowest BCUT2D eigenvalue weighted by Gasteiger charge is -2.19. The number of hydrogen-bond acceptors (Lipinski definition) is 3. The molecule has 1 N–H and O–H groups in total. The molecule has 0 radical (unpaired) electrons. The van der Waals surface area contributed by atoms with E-state index in [1.807, 2.05) is 30.4 Å². The van der Waals surface area contributed by atoms with Gasteiger partial charge in [-0.2, -0.15) is 0 Å². The molecule has 33 heavy (non-hydrogen) atoms. The minimum Gasteiger partial charge on any atom is -0.493 e. The predicted molar refractivity (Wildman–Crippen MR) is 134 cm³/mol. The van der Waals surface area contributed by atoms with Crippen molar-refractivity contribution in [3.8, 4) is 17.2 Å². The molecule has 1 aliphatic rings. The first-order valence-electron chi connectivity index (χ1n) is 10.6. The van der Waals surface area contributed by atoms with Crippen molar-refractivity contribution in [3.63, 3.8) is 0 Å². The molecule has 3 aromatic rings. The summed E-state index contributed by atoms with van der Waals surface area (Å²) in [5.74, 6) is 1.78. The van der Waals surface area contributed by atoms with Crippen molar-refractivity contribution < 1.29 is 14.3 Å². The van der Waals surface area contributed by atoms with E-state index in [0.717, 1.165) is 29.7 Å². The van der Waals surface area contributed by atoms with Gasteiger partial charge in [-0.1, -0.05) is 53.0 Å². The van der Waals surface area contributed by atoms with Crippen LogP contribution in [0.25, 0.3) is 6.08 Å². The molecule has 0 fully saturated rings. The second-order valence-electron chi connectivity index (χ2n) is 7.58. The van der Waals surface area contributed by atoms with Crippen molar-refractivity contribution in [1.29, 1.82) is 0 Å². The first kappa shape index (κ1) is 23.5. The fraction of sp³-hybridized carbons (Fsp3) is 0.192. The van der Waals surface area contributed by atoms with Crippen LogP contribution in [0.3, 0.4) is 0 Å². The summed E-state index contributed by atoms with van der Waals surface area (Å²) in [5.41, 5.74) is 2.53. The van der Waals surface area contributed by atoms with E-state index in [1.54, 1.807) is 36.4 Å². The third-order valence-corrected chi connectivity index (χ3v) is 6.02. The summed E-state index contributed by atoms with van der Waals surface area (Å²) in [5, 5.41) is 4.62. The van der Waals surface area contributed by atoms with Gasteiger partial charge in [-0.15, -0.1) is 0 Å². The summed E-state index contributed by atoms with van der Waals surface area (Å²) in [6.07, 6.45) is 6.47. The molecule has 0 saturated heterocycles. The minimum atomic E-state index is -0.153. The van der Waals surface area contributed by atoms with Crippen LogP contribution in [0.1, 0.15) is 34.3 Å². The van der Waals surface area contributed by atoms with Crippen molar-refractivity contribution in [1.82, 2.24) is 5.32 Å². The van der Waals surface area contributed by atoms with Crippen LogP contribution in [0.15, 0.2) is 60.7 Å². The maximum absolute atomic E-state index is 12.4. The van der Waals surface area contributed by atoms with Crippen LogP contribution in [0, 0.1) is 0 Å². The molecule has 1 amide bonds.